The molecule has 6 heteroatoms. The van der Waals surface area contributed by atoms with E-state index in [4.69, 9.17) is 5.73 Å². The van der Waals surface area contributed by atoms with Crippen LogP contribution < -0.4 is 11.1 Å². The number of esters is 2. The molecular weight excluding hydrogens is 392 g/mol. The lowest BCUT2D eigenvalue weighted by atomic mass is 10.0. The monoisotopic (exact) mass is 432 g/mol. The number of nitrogens with one attached hydrogen (secondary N) is 1. The minimum atomic E-state index is -0.778. The van der Waals surface area contributed by atoms with Crippen LogP contribution in [-0.4, -0.2) is 24.4 Å². The van der Waals surface area contributed by atoms with Crippen LogP contribution in [0.4, 0.5) is 5.69 Å². The van der Waals surface area contributed by atoms with Gasteiger partial charge in [0.05, 0.1) is 12.1 Å². The summed E-state index contributed by atoms with van der Waals surface area (Å²) in [6, 6.07) is 6.25. The molecule has 0 unspecified atom stereocenters. The maximum Gasteiger partial charge on any atom is 0.345 e. The Hall–Kier alpha value is -2.21. The average molecular weight is 433 g/mol. The third-order valence-electron chi connectivity index (χ3n) is 5.28. The Morgan fingerprint density at radius 3 is 1.74 bits per heavy atom. The van der Waals surface area contributed by atoms with E-state index in [9.17, 15) is 14.4 Å². The fourth-order valence-corrected chi connectivity index (χ4v) is 3.42. The number of hydrogen-bond acceptors (Lipinski definition) is 5. The molecule has 174 valence electrons. The summed E-state index contributed by atoms with van der Waals surface area (Å²) >= 11 is 0. The molecule has 0 radical (unpaired) electrons. The number of carbonyl (C=O) groups excluding carboxylic acids is 3. The van der Waals surface area contributed by atoms with E-state index in [0.717, 1.165) is 12.8 Å². The number of anilines is 1. The van der Waals surface area contributed by atoms with E-state index in [-0.39, 0.29) is 18.0 Å². The van der Waals surface area contributed by atoms with E-state index in [1.54, 1.807) is 12.1 Å². The molecule has 0 saturated heterocycles. The predicted molar refractivity (Wildman–Crippen MR) is 125 cm³/mol. The molecule has 0 aliphatic rings. The molecule has 1 amide bonds. The van der Waals surface area contributed by atoms with Gasteiger partial charge in [-0.3, -0.25) is 9.59 Å². The van der Waals surface area contributed by atoms with Crippen molar-refractivity contribution in [1.82, 2.24) is 0 Å². The fraction of sp³-hybridized carbons (Fsp3) is 0.640. The summed E-state index contributed by atoms with van der Waals surface area (Å²) in [4.78, 5) is 34.8. The standard InChI is InChI=1S/C25H40N2O4/c1-2-3-4-5-6-7-8-9-10-11-12-13-14-15-23(28)27-22-18-16-21(17-19-22)25(30)31-24(29)20-26/h16-19H,2-15,20,26H2,1H3,(H,27,28). The van der Waals surface area contributed by atoms with E-state index in [1.807, 2.05) is 0 Å². The van der Waals surface area contributed by atoms with Crippen LogP contribution in [0.1, 0.15) is 107 Å². The summed E-state index contributed by atoms with van der Waals surface area (Å²) in [6.45, 7) is 1.90. The Morgan fingerprint density at radius 2 is 1.26 bits per heavy atom. The van der Waals surface area contributed by atoms with E-state index < -0.39 is 11.9 Å². The minimum absolute atomic E-state index is 0.0308. The van der Waals surface area contributed by atoms with Gasteiger partial charge in [-0.1, -0.05) is 84.0 Å². The van der Waals surface area contributed by atoms with Crippen LogP contribution >= 0.6 is 0 Å². The van der Waals surface area contributed by atoms with Gasteiger partial charge in [0.2, 0.25) is 5.91 Å². The lowest BCUT2D eigenvalue weighted by Crippen LogP contribution is -2.20. The zero-order chi connectivity index (χ0) is 22.7. The van der Waals surface area contributed by atoms with Crippen molar-refractivity contribution in [2.24, 2.45) is 5.73 Å². The van der Waals surface area contributed by atoms with Gasteiger partial charge in [0, 0.05) is 12.1 Å². The van der Waals surface area contributed by atoms with Gasteiger partial charge in [-0.15, -0.1) is 0 Å². The third kappa shape index (κ3) is 13.7. The smallest absolute Gasteiger partial charge is 0.345 e. The molecule has 0 fully saturated rings. The normalized spacial score (nSPS) is 10.6. The van der Waals surface area contributed by atoms with E-state index in [1.165, 1.54) is 82.8 Å². The van der Waals surface area contributed by atoms with E-state index >= 15 is 0 Å². The van der Waals surface area contributed by atoms with Crippen LogP contribution in [0.2, 0.25) is 0 Å². The molecule has 0 bridgehead atoms. The molecule has 0 aliphatic heterocycles. The Kier molecular flexibility index (Phi) is 15.1. The quantitative estimate of drug-likeness (QED) is 0.185. The number of unbranched alkanes of at least 4 members (excludes halogenated alkanes) is 12. The second-order valence-corrected chi connectivity index (χ2v) is 8.08. The van der Waals surface area contributed by atoms with Crippen molar-refractivity contribution in [1.29, 1.82) is 0 Å². The summed E-state index contributed by atoms with van der Waals surface area (Å²) in [7, 11) is 0. The molecule has 1 rings (SSSR count). The average Bonchev–Trinajstić information content (AvgIpc) is 2.77. The predicted octanol–water partition coefficient (Wildman–Crippen LogP) is 5.75. The second kappa shape index (κ2) is 17.5. The largest absolute Gasteiger partial charge is 0.388 e. The zero-order valence-electron chi connectivity index (χ0n) is 19.1. The van der Waals surface area contributed by atoms with Gasteiger partial charge in [-0.2, -0.15) is 0 Å². The van der Waals surface area contributed by atoms with Gasteiger partial charge in [0.15, 0.2) is 0 Å². The molecule has 0 heterocycles. The molecule has 3 N–H and O–H groups in total. The summed E-state index contributed by atoms with van der Waals surface area (Å²) in [5.74, 6) is -1.56. The Bertz CT molecular complexity index is 643. The second-order valence-electron chi connectivity index (χ2n) is 8.08. The Morgan fingerprint density at radius 1 is 0.774 bits per heavy atom. The van der Waals surface area contributed by atoms with Gasteiger partial charge in [0.25, 0.3) is 0 Å². The topological polar surface area (TPSA) is 98.5 Å². The number of carbonyl (C=O) groups is 3. The number of nitrogens with two attached hydrogens (primary N) is 1. The summed E-state index contributed by atoms with van der Waals surface area (Å²) < 4.78 is 4.55. The number of hydrogen-bond donors (Lipinski definition) is 2. The summed E-state index contributed by atoms with van der Waals surface area (Å²) in [5.41, 5.74) is 5.96. The van der Waals surface area contributed by atoms with Crippen LogP contribution in [0.15, 0.2) is 24.3 Å². The maximum absolute atomic E-state index is 12.1. The van der Waals surface area contributed by atoms with Gasteiger partial charge >= 0.3 is 11.9 Å². The number of ether oxygens (including phenoxy) is 1. The molecule has 6 nitrogen and oxygen atoms in total. The summed E-state index contributed by atoms with van der Waals surface area (Å²) in [6.07, 6.45) is 17.1. The Labute approximate surface area is 187 Å². The highest BCUT2D eigenvalue weighted by Crippen LogP contribution is 2.14. The molecule has 0 saturated carbocycles. The first-order valence-electron chi connectivity index (χ1n) is 11.9. The van der Waals surface area contributed by atoms with E-state index in [0.29, 0.717) is 12.1 Å². The van der Waals surface area contributed by atoms with Crippen molar-refractivity contribution in [3.05, 3.63) is 29.8 Å². The van der Waals surface area contributed by atoms with Crippen LogP contribution in [-0.2, 0) is 14.3 Å². The van der Waals surface area contributed by atoms with Crippen LogP contribution in [0.5, 0.6) is 0 Å². The Balaban J connectivity index is 2.04. The van der Waals surface area contributed by atoms with E-state index in [2.05, 4.69) is 17.0 Å². The van der Waals surface area contributed by atoms with Gasteiger partial charge in [0.1, 0.15) is 0 Å². The molecular formula is C25H40N2O4. The summed E-state index contributed by atoms with van der Waals surface area (Å²) in [5, 5.41) is 2.83. The number of benzene rings is 1. The van der Waals surface area contributed by atoms with Crippen molar-refractivity contribution in [3.63, 3.8) is 0 Å². The molecule has 0 atom stereocenters. The first-order valence-corrected chi connectivity index (χ1v) is 11.9. The maximum atomic E-state index is 12.1. The minimum Gasteiger partial charge on any atom is -0.388 e. The van der Waals surface area contributed by atoms with Crippen molar-refractivity contribution in [2.75, 3.05) is 11.9 Å². The van der Waals surface area contributed by atoms with Gasteiger partial charge in [-0.05, 0) is 30.7 Å². The SMILES string of the molecule is CCCCCCCCCCCCCCCC(=O)Nc1ccc(C(=O)OC(=O)CN)cc1. The van der Waals surface area contributed by atoms with Crippen molar-refractivity contribution < 1.29 is 19.1 Å². The highest BCUT2D eigenvalue weighted by Gasteiger charge is 2.11. The molecule has 1 aromatic rings. The highest BCUT2D eigenvalue weighted by atomic mass is 16.6. The zero-order valence-corrected chi connectivity index (χ0v) is 19.1. The number of rotatable bonds is 17. The van der Waals surface area contributed by atoms with Crippen LogP contribution in [0.25, 0.3) is 0 Å². The number of amides is 1. The first-order chi connectivity index (χ1) is 15.1. The molecule has 0 spiro atoms. The van der Waals surface area contributed by atoms with Crippen LogP contribution in [0, 0.1) is 0 Å². The van der Waals surface area contributed by atoms with Crippen molar-refractivity contribution in [2.45, 2.75) is 96.8 Å². The molecule has 0 aromatic heterocycles. The molecule has 1 aromatic carbocycles. The lowest BCUT2D eigenvalue weighted by Gasteiger charge is -2.07. The van der Waals surface area contributed by atoms with Crippen molar-refractivity contribution >= 4 is 23.5 Å². The van der Waals surface area contributed by atoms with Gasteiger partial charge < -0.3 is 15.8 Å². The third-order valence-corrected chi connectivity index (χ3v) is 5.28. The molecule has 31 heavy (non-hydrogen) atoms. The lowest BCUT2D eigenvalue weighted by molar-refractivity contribution is -0.136. The van der Waals surface area contributed by atoms with Gasteiger partial charge in [-0.25, -0.2) is 4.79 Å². The van der Waals surface area contributed by atoms with Crippen molar-refractivity contribution in [3.8, 4) is 0 Å². The first kappa shape index (κ1) is 26.8. The van der Waals surface area contributed by atoms with Crippen LogP contribution in [0.3, 0.4) is 0 Å². The highest BCUT2D eigenvalue weighted by molar-refractivity contribution is 5.98. The molecule has 0 aliphatic carbocycles. The fourth-order valence-electron chi connectivity index (χ4n) is 3.42.